The molecule has 2 rings (SSSR count). The fourth-order valence-corrected chi connectivity index (χ4v) is 2.85. The number of alkyl halides is 3. The minimum absolute atomic E-state index is 0.110. The van der Waals surface area contributed by atoms with E-state index in [1.807, 2.05) is 0 Å². The number of hydrogen-bond acceptors (Lipinski definition) is 3. The average molecular weight is 319 g/mol. The van der Waals surface area contributed by atoms with Gasteiger partial charge in [0.2, 0.25) is 0 Å². The van der Waals surface area contributed by atoms with Gasteiger partial charge >= 0.3 is 6.18 Å². The predicted molar refractivity (Wildman–Crippen MR) is 68.8 cm³/mol. The van der Waals surface area contributed by atoms with Crippen molar-refractivity contribution in [1.29, 1.82) is 0 Å². The number of nitrogens with zero attached hydrogens (tertiary/aromatic N) is 1. The van der Waals surface area contributed by atoms with Crippen LogP contribution in [0.4, 0.5) is 13.2 Å². The van der Waals surface area contributed by atoms with Crippen molar-refractivity contribution in [2.24, 2.45) is 0 Å². The molecule has 1 atom stereocenters. The highest BCUT2D eigenvalue weighted by atomic mass is 32.2. The predicted octanol–water partition coefficient (Wildman–Crippen LogP) is 2.47. The number of imidazole rings is 1. The number of aromatic nitrogens is 2. The summed E-state index contributed by atoms with van der Waals surface area (Å²) in [6.45, 7) is 1.54. The molecule has 0 fully saturated rings. The zero-order chi connectivity index (χ0) is 15.7. The molecule has 1 heterocycles. The Bertz CT molecular complexity index is 694. The number of H-pyrrole nitrogens is 1. The molecular weight excluding hydrogens is 307 g/mol. The van der Waals surface area contributed by atoms with E-state index in [0.717, 1.165) is 18.3 Å². The average Bonchev–Trinajstić information content (AvgIpc) is 2.92. The number of rotatable bonds is 4. The van der Waals surface area contributed by atoms with Crippen LogP contribution in [0.25, 0.3) is 0 Å². The quantitative estimate of drug-likeness (QED) is 0.909. The molecule has 21 heavy (non-hydrogen) atoms. The standard InChI is InChI=1S/C12H12F3N3O2S/c1-8(18-21(19,20)11-6-16-7-17-11)9-2-4-10(5-3-9)12(13,14)15/h2-8,18H,1H3,(H,16,17). The van der Waals surface area contributed by atoms with Gasteiger partial charge in [0.25, 0.3) is 10.0 Å². The van der Waals surface area contributed by atoms with E-state index in [0.29, 0.717) is 5.56 Å². The van der Waals surface area contributed by atoms with Gasteiger partial charge in [-0.25, -0.2) is 18.1 Å². The molecule has 0 aliphatic heterocycles. The van der Waals surface area contributed by atoms with Crippen LogP contribution in [-0.4, -0.2) is 18.4 Å². The Morgan fingerprint density at radius 2 is 1.86 bits per heavy atom. The molecule has 114 valence electrons. The smallest absolute Gasteiger partial charge is 0.335 e. The van der Waals surface area contributed by atoms with Gasteiger partial charge in [0.15, 0.2) is 5.03 Å². The first kappa shape index (κ1) is 15.5. The number of hydrogen-bond donors (Lipinski definition) is 2. The van der Waals surface area contributed by atoms with E-state index >= 15 is 0 Å². The Labute approximate surface area is 119 Å². The Hall–Kier alpha value is -1.87. The molecule has 2 aromatic rings. The topological polar surface area (TPSA) is 74.8 Å². The highest BCUT2D eigenvalue weighted by molar-refractivity contribution is 7.89. The summed E-state index contributed by atoms with van der Waals surface area (Å²) >= 11 is 0. The lowest BCUT2D eigenvalue weighted by atomic mass is 10.1. The first-order valence-electron chi connectivity index (χ1n) is 5.88. The van der Waals surface area contributed by atoms with Crippen molar-refractivity contribution in [3.63, 3.8) is 0 Å². The monoisotopic (exact) mass is 319 g/mol. The number of sulfonamides is 1. The maximum atomic E-state index is 12.5. The minimum Gasteiger partial charge on any atom is -0.335 e. The summed E-state index contributed by atoms with van der Waals surface area (Å²) in [6.07, 6.45) is -2.06. The second-order valence-corrected chi connectivity index (χ2v) is 6.06. The van der Waals surface area contributed by atoms with Crippen LogP contribution in [0.2, 0.25) is 0 Å². The van der Waals surface area contributed by atoms with E-state index in [1.54, 1.807) is 0 Å². The highest BCUT2D eigenvalue weighted by Crippen LogP contribution is 2.30. The zero-order valence-corrected chi connectivity index (χ0v) is 11.7. The van der Waals surface area contributed by atoms with Gasteiger partial charge in [0.05, 0.1) is 18.1 Å². The van der Waals surface area contributed by atoms with Gasteiger partial charge in [-0.05, 0) is 24.6 Å². The second-order valence-electron chi connectivity index (χ2n) is 4.38. The maximum absolute atomic E-state index is 12.5. The fourth-order valence-electron chi connectivity index (χ4n) is 1.72. The normalized spacial score (nSPS) is 14.1. The van der Waals surface area contributed by atoms with Crippen molar-refractivity contribution in [1.82, 2.24) is 14.7 Å². The van der Waals surface area contributed by atoms with Crippen molar-refractivity contribution in [3.8, 4) is 0 Å². The third kappa shape index (κ3) is 3.61. The molecule has 1 aromatic carbocycles. The lowest BCUT2D eigenvalue weighted by Gasteiger charge is -2.15. The summed E-state index contributed by atoms with van der Waals surface area (Å²) < 4.78 is 63.6. The van der Waals surface area contributed by atoms with Gasteiger partial charge < -0.3 is 4.98 Å². The van der Waals surface area contributed by atoms with Crippen LogP contribution >= 0.6 is 0 Å². The molecule has 1 unspecified atom stereocenters. The van der Waals surface area contributed by atoms with Crippen LogP contribution in [-0.2, 0) is 16.2 Å². The lowest BCUT2D eigenvalue weighted by Crippen LogP contribution is -2.27. The number of halogens is 3. The third-order valence-corrected chi connectivity index (χ3v) is 4.30. The Kier molecular flexibility index (Phi) is 4.06. The molecule has 5 nitrogen and oxygen atoms in total. The Morgan fingerprint density at radius 3 is 2.33 bits per heavy atom. The summed E-state index contributed by atoms with van der Waals surface area (Å²) in [5, 5.41) is -0.110. The molecule has 0 aliphatic rings. The first-order chi connectivity index (χ1) is 9.70. The van der Waals surface area contributed by atoms with E-state index < -0.39 is 27.8 Å². The van der Waals surface area contributed by atoms with Crippen molar-refractivity contribution >= 4 is 10.0 Å². The molecule has 9 heteroatoms. The van der Waals surface area contributed by atoms with Gasteiger partial charge in [-0.2, -0.15) is 13.2 Å². The van der Waals surface area contributed by atoms with Gasteiger partial charge in [-0.3, -0.25) is 0 Å². The lowest BCUT2D eigenvalue weighted by molar-refractivity contribution is -0.137. The van der Waals surface area contributed by atoms with Crippen LogP contribution in [0, 0.1) is 0 Å². The summed E-state index contributed by atoms with van der Waals surface area (Å²) in [7, 11) is -3.79. The van der Waals surface area contributed by atoms with Crippen LogP contribution < -0.4 is 4.72 Å². The number of nitrogens with one attached hydrogen (secondary N) is 2. The number of aromatic amines is 1. The van der Waals surface area contributed by atoms with Crippen LogP contribution in [0.5, 0.6) is 0 Å². The van der Waals surface area contributed by atoms with Gasteiger partial charge in [-0.1, -0.05) is 12.1 Å². The molecule has 0 amide bonds. The highest BCUT2D eigenvalue weighted by Gasteiger charge is 2.30. The van der Waals surface area contributed by atoms with E-state index in [-0.39, 0.29) is 5.03 Å². The summed E-state index contributed by atoms with van der Waals surface area (Å²) in [5.41, 5.74) is -0.360. The number of benzene rings is 1. The molecule has 0 bridgehead atoms. The van der Waals surface area contributed by atoms with E-state index in [1.165, 1.54) is 25.4 Å². The van der Waals surface area contributed by atoms with Crippen LogP contribution in [0.1, 0.15) is 24.1 Å². The Balaban J connectivity index is 2.16. The molecule has 1 aromatic heterocycles. The SMILES string of the molecule is CC(NS(=O)(=O)c1cnc[nH]1)c1ccc(C(F)(F)F)cc1. The molecule has 0 saturated heterocycles. The zero-order valence-electron chi connectivity index (χ0n) is 10.8. The van der Waals surface area contributed by atoms with Crippen molar-refractivity contribution in [2.75, 3.05) is 0 Å². The van der Waals surface area contributed by atoms with Crippen LogP contribution in [0.15, 0.2) is 41.8 Å². The summed E-state index contributed by atoms with van der Waals surface area (Å²) in [5.74, 6) is 0. The molecular formula is C12H12F3N3O2S. The second kappa shape index (κ2) is 5.49. The largest absolute Gasteiger partial charge is 0.416 e. The van der Waals surface area contributed by atoms with E-state index in [2.05, 4.69) is 14.7 Å². The third-order valence-electron chi connectivity index (χ3n) is 2.83. The molecule has 2 N–H and O–H groups in total. The minimum atomic E-state index is -4.42. The van der Waals surface area contributed by atoms with E-state index in [4.69, 9.17) is 0 Å². The van der Waals surface area contributed by atoms with E-state index in [9.17, 15) is 21.6 Å². The van der Waals surface area contributed by atoms with Gasteiger partial charge in [0.1, 0.15) is 0 Å². The van der Waals surface area contributed by atoms with Crippen LogP contribution in [0.3, 0.4) is 0 Å². The maximum Gasteiger partial charge on any atom is 0.416 e. The Morgan fingerprint density at radius 1 is 1.24 bits per heavy atom. The van der Waals surface area contributed by atoms with Gasteiger partial charge in [0, 0.05) is 6.04 Å². The summed E-state index contributed by atoms with van der Waals surface area (Å²) in [4.78, 5) is 6.06. The van der Waals surface area contributed by atoms with Crippen molar-refractivity contribution < 1.29 is 21.6 Å². The van der Waals surface area contributed by atoms with Gasteiger partial charge in [-0.15, -0.1) is 0 Å². The summed E-state index contributed by atoms with van der Waals surface area (Å²) in [6, 6.07) is 3.62. The fraction of sp³-hybridized carbons (Fsp3) is 0.250. The molecule has 0 radical (unpaired) electrons. The molecule has 0 spiro atoms. The molecule has 0 saturated carbocycles. The van der Waals surface area contributed by atoms with Crippen molar-refractivity contribution in [3.05, 3.63) is 47.9 Å². The molecule has 0 aliphatic carbocycles. The van der Waals surface area contributed by atoms with Crippen molar-refractivity contribution in [2.45, 2.75) is 24.2 Å². The first-order valence-corrected chi connectivity index (χ1v) is 7.36.